The molecule has 1 unspecified atom stereocenters. The maximum absolute atomic E-state index is 13.4. The zero-order valence-corrected chi connectivity index (χ0v) is 8.82. The maximum atomic E-state index is 13.4. The van der Waals surface area contributed by atoms with Gasteiger partial charge in [-0.3, -0.25) is 0 Å². The van der Waals surface area contributed by atoms with Gasteiger partial charge in [0.1, 0.15) is 0 Å². The highest BCUT2D eigenvalue weighted by atomic mass is 19.1. The van der Waals surface area contributed by atoms with Gasteiger partial charge in [-0.15, -0.1) is 0 Å². The van der Waals surface area contributed by atoms with Crippen molar-refractivity contribution in [3.8, 4) is 0 Å². The van der Waals surface area contributed by atoms with Crippen molar-refractivity contribution >= 4 is 5.97 Å². The van der Waals surface area contributed by atoms with Crippen LogP contribution in [0.5, 0.6) is 0 Å². The van der Waals surface area contributed by atoms with E-state index in [4.69, 9.17) is 5.11 Å². The van der Waals surface area contributed by atoms with Gasteiger partial charge < -0.3 is 5.11 Å². The molecule has 1 N–H and O–H groups in total. The molecule has 1 aliphatic rings. The number of carboxylic acids is 1. The van der Waals surface area contributed by atoms with Crippen molar-refractivity contribution in [2.45, 2.75) is 25.2 Å². The van der Waals surface area contributed by atoms with Crippen LogP contribution >= 0.6 is 0 Å². The molecule has 2 nitrogen and oxygen atoms in total. The summed E-state index contributed by atoms with van der Waals surface area (Å²) in [4.78, 5) is 10.6. The van der Waals surface area contributed by atoms with Crippen molar-refractivity contribution in [2.75, 3.05) is 0 Å². The Morgan fingerprint density at radius 1 is 1.31 bits per heavy atom. The Balaban J connectivity index is 2.36. The fraction of sp³-hybridized carbons (Fsp3) is 0.308. The second-order valence-corrected chi connectivity index (χ2v) is 4.00. The van der Waals surface area contributed by atoms with E-state index >= 15 is 0 Å². The van der Waals surface area contributed by atoms with Crippen molar-refractivity contribution < 1.29 is 14.3 Å². The molecule has 84 valence electrons. The number of aliphatic carboxylic acids is 1. The first-order chi connectivity index (χ1) is 7.70. The third-order valence-corrected chi connectivity index (χ3v) is 3.03. The summed E-state index contributed by atoms with van der Waals surface area (Å²) < 4.78 is 13.4. The number of halogens is 1. The Morgan fingerprint density at radius 3 is 2.62 bits per heavy atom. The normalized spacial score (nSPS) is 23.2. The number of benzene rings is 1. The van der Waals surface area contributed by atoms with Crippen molar-refractivity contribution in [3.05, 3.63) is 47.3 Å². The van der Waals surface area contributed by atoms with Crippen LogP contribution in [-0.2, 0) is 4.79 Å². The molecule has 1 aliphatic carbocycles. The predicted molar refractivity (Wildman–Crippen MR) is 58.8 cm³/mol. The Hall–Kier alpha value is -1.64. The molecular weight excluding hydrogens is 207 g/mol. The van der Waals surface area contributed by atoms with Crippen molar-refractivity contribution in [3.63, 3.8) is 0 Å². The lowest BCUT2D eigenvalue weighted by Gasteiger charge is -2.12. The molecule has 0 saturated heterocycles. The molecule has 1 aromatic rings. The molecule has 0 radical (unpaired) electrons. The second kappa shape index (κ2) is 4.47. The maximum Gasteiger partial charge on any atom is 0.364 e. The number of carboxylic acid groups (broad SMARTS) is 1. The SMILES string of the molecule is O=C(O)C(F)=C1CCCC1c1ccccc1. The van der Waals surface area contributed by atoms with E-state index in [1.54, 1.807) is 0 Å². The van der Waals surface area contributed by atoms with E-state index in [0.29, 0.717) is 12.0 Å². The van der Waals surface area contributed by atoms with Gasteiger partial charge in [0, 0.05) is 5.92 Å². The molecule has 0 bridgehead atoms. The number of carbonyl (C=O) groups is 1. The quantitative estimate of drug-likeness (QED) is 0.777. The fourth-order valence-corrected chi connectivity index (χ4v) is 2.30. The molecule has 1 aromatic carbocycles. The number of hydrogen-bond acceptors (Lipinski definition) is 1. The van der Waals surface area contributed by atoms with Crippen LogP contribution in [0, 0.1) is 0 Å². The van der Waals surface area contributed by atoms with Crippen LogP contribution in [0.4, 0.5) is 4.39 Å². The van der Waals surface area contributed by atoms with Gasteiger partial charge >= 0.3 is 5.97 Å². The van der Waals surface area contributed by atoms with Crippen molar-refractivity contribution in [1.82, 2.24) is 0 Å². The molecule has 0 aliphatic heterocycles. The van der Waals surface area contributed by atoms with Gasteiger partial charge in [-0.05, 0) is 30.4 Å². The van der Waals surface area contributed by atoms with Crippen molar-refractivity contribution in [1.29, 1.82) is 0 Å². The Labute approximate surface area is 93.4 Å². The van der Waals surface area contributed by atoms with E-state index in [1.807, 2.05) is 30.3 Å². The summed E-state index contributed by atoms with van der Waals surface area (Å²) >= 11 is 0. The van der Waals surface area contributed by atoms with E-state index in [2.05, 4.69) is 0 Å². The molecule has 0 heterocycles. The van der Waals surface area contributed by atoms with Crippen molar-refractivity contribution in [2.24, 2.45) is 0 Å². The van der Waals surface area contributed by atoms with Crippen LogP contribution in [0.3, 0.4) is 0 Å². The average molecular weight is 220 g/mol. The first-order valence-electron chi connectivity index (χ1n) is 5.37. The van der Waals surface area contributed by atoms with Gasteiger partial charge in [-0.1, -0.05) is 30.3 Å². The minimum Gasteiger partial charge on any atom is -0.476 e. The molecule has 1 atom stereocenters. The molecule has 1 saturated carbocycles. The second-order valence-electron chi connectivity index (χ2n) is 4.00. The zero-order valence-electron chi connectivity index (χ0n) is 8.82. The van der Waals surface area contributed by atoms with Crippen LogP contribution in [-0.4, -0.2) is 11.1 Å². The molecule has 0 spiro atoms. The van der Waals surface area contributed by atoms with Crippen LogP contribution in [0.15, 0.2) is 41.7 Å². The summed E-state index contributed by atoms with van der Waals surface area (Å²) in [5, 5.41) is 8.67. The van der Waals surface area contributed by atoms with E-state index in [1.165, 1.54) is 0 Å². The fourth-order valence-electron chi connectivity index (χ4n) is 2.30. The number of hydrogen-bond donors (Lipinski definition) is 1. The van der Waals surface area contributed by atoms with Gasteiger partial charge in [-0.25, -0.2) is 4.79 Å². The summed E-state index contributed by atoms with van der Waals surface area (Å²) in [6, 6.07) is 9.53. The highest BCUT2D eigenvalue weighted by Gasteiger charge is 2.28. The zero-order chi connectivity index (χ0) is 11.5. The highest BCUT2D eigenvalue weighted by molar-refractivity contribution is 5.85. The van der Waals surface area contributed by atoms with Gasteiger partial charge in [0.2, 0.25) is 5.83 Å². The van der Waals surface area contributed by atoms with Crippen LogP contribution in [0.1, 0.15) is 30.7 Å². The molecule has 16 heavy (non-hydrogen) atoms. The molecular formula is C13H13FO2. The van der Waals surface area contributed by atoms with E-state index in [-0.39, 0.29) is 5.92 Å². The summed E-state index contributed by atoms with van der Waals surface area (Å²) in [6.07, 6.45) is 2.24. The molecule has 3 heteroatoms. The Bertz CT molecular complexity index is 423. The third kappa shape index (κ3) is 1.98. The summed E-state index contributed by atoms with van der Waals surface area (Å²) in [5.41, 5.74) is 1.45. The number of allylic oxidation sites excluding steroid dienone is 1. The summed E-state index contributed by atoms with van der Waals surface area (Å²) in [7, 11) is 0. The average Bonchev–Trinajstić information content (AvgIpc) is 2.77. The monoisotopic (exact) mass is 220 g/mol. The standard InChI is InChI=1S/C13H13FO2/c14-12(13(15)16)11-8-4-7-10(11)9-5-2-1-3-6-9/h1-3,5-6,10H,4,7-8H2,(H,15,16). The van der Waals surface area contributed by atoms with E-state index in [9.17, 15) is 9.18 Å². The molecule has 0 amide bonds. The molecule has 1 fully saturated rings. The van der Waals surface area contributed by atoms with Gasteiger partial charge in [0.25, 0.3) is 0 Å². The predicted octanol–water partition coefficient (Wildman–Crippen LogP) is 3.26. The summed E-state index contributed by atoms with van der Waals surface area (Å²) in [5.74, 6) is -2.47. The van der Waals surface area contributed by atoms with Gasteiger partial charge in [0.05, 0.1) is 0 Å². The largest absolute Gasteiger partial charge is 0.476 e. The minimum atomic E-state index is -1.45. The third-order valence-electron chi connectivity index (χ3n) is 3.03. The lowest BCUT2D eigenvalue weighted by Crippen LogP contribution is -2.03. The minimum absolute atomic E-state index is 0.0581. The first kappa shape index (κ1) is 10.9. The Kier molecular flexibility index (Phi) is 3.04. The molecule has 0 aromatic heterocycles. The summed E-state index contributed by atoms with van der Waals surface area (Å²) in [6.45, 7) is 0. The first-order valence-corrected chi connectivity index (χ1v) is 5.37. The lowest BCUT2D eigenvalue weighted by atomic mass is 9.93. The Morgan fingerprint density at radius 2 is 2.00 bits per heavy atom. The number of rotatable bonds is 2. The smallest absolute Gasteiger partial charge is 0.364 e. The van der Waals surface area contributed by atoms with Gasteiger partial charge in [-0.2, -0.15) is 4.39 Å². The van der Waals surface area contributed by atoms with Gasteiger partial charge in [0.15, 0.2) is 0 Å². The van der Waals surface area contributed by atoms with E-state index < -0.39 is 11.8 Å². The highest BCUT2D eigenvalue weighted by Crippen LogP contribution is 2.41. The lowest BCUT2D eigenvalue weighted by molar-refractivity contribution is -0.134. The molecule has 2 rings (SSSR count). The van der Waals surface area contributed by atoms with Crippen LogP contribution in [0.25, 0.3) is 0 Å². The van der Waals surface area contributed by atoms with Crippen LogP contribution < -0.4 is 0 Å². The van der Waals surface area contributed by atoms with E-state index in [0.717, 1.165) is 18.4 Å². The van der Waals surface area contributed by atoms with Crippen LogP contribution in [0.2, 0.25) is 0 Å². The topological polar surface area (TPSA) is 37.3 Å².